The SMILES string of the molecule is COc1ccc(F)cc1Nc1cccc(F)c1N. The van der Waals surface area contributed by atoms with Crippen LogP contribution < -0.4 is 15.8 Å². The van der Waals surface area contributed by atoms with Gasteiger partial charge in [0.1, 0.15) is 17.4 Å². The normalized spacial score (nSPS) is 10.2. The lowest BCUT2D eigenvalue weighted by Gasteiger charge is -2.13. The highest BCUT2D eigenvalue weighted by Crippen LogP contribution is 2.31. The van der Waals surface area contributed by atoms with E-state index in [1.165, 1.54) is 37.4 Å². The van der Waals surface area contributed by atoms with E-state index in [2.05, 4.69) is 5.32 Å². The molecule has 0 saturated carbocycles. The summed E-state index contributed by atoms with van der Waals surface area (Å²) in [4.78, 5) is 0. The van der Waals surface area contributed by atoms with Crippen molar-refractivity contribution in [2.75, 3.05) is 18.2 Å². The van der Waals surface area contributed by atoms with Crippen LogP contribution in [-0.4, -0.2) is 7.11 Å². The molecule has 18 heavy (non-hydrogen) atoms. The number of ether oxygens (including phenoxy) is 1. The minimum atomic E-state index is -0.532. The number of anilines is 3. The van der Waals surface area contributed by atoms with Gasteiger partial charge in [-0.1, -0.05) is 6.07 Å². The molecule has 3 nitrogen and oxygen atoms in total. The second-order valence-electron chi connectivity index (χ2n) is 3.67. The zero-order chi connectivity index (χ0) is 13.1. The third-order valence-electron chi connectivity index (χ3n) is 2.48. The molecule has 2 aromatic carbocycles. The topological polar surface area (TPSA) is 47.3 Å². The Balaban J connectivity index is 2.39. The van der Waals surface area contributed by atoms with Crippen molar-refractivity contribution in [3.05, 3.63) is 48.0 Å². The molecule has 0 fully saturated rings. The minimum absolute atomic E-state index is 0.0242. The van der Waals surface area contributed by atoms with Crippen molar-refractivity contribution in [3.8, 4) is 5.75 Å². The summed E-state index contributed by atoms with van der Waals surface area (Å²) >= 11 is 0. The van der Waals surface area contributed by atoms with Gasteiger partial charge in [-0.2, -0.15) is 0 Å². The van der Waals surface area contributed by atoms with E-state index in [9.17, 15) is 8.78 Å². The standard InChI is InChI=1S/C13H12F2N2O/c1-18-12-6-5-8(14)7-11(12)17-10-4-2-3-9(15)13(10)16/h2-7,17H,16H2,1H3. The largest absolute Gasteiger partial charge is 0.495 e. The first kappa shape index (κ1) is 12.2. The van der Waals surface area contributed by atoms with E-state index in [4.69, 9.17) is 10.5 Å². The minimum Gasteiger partial charge on any atom is -0.495 e. The first-order chi connectivity index (χ1) is 8.61. The van der Waals surface area contributed by atoms with Crippen LogP contribution in [0.1, 0.15) is 0 Å². The molecule has 0 spiro atoms. The maximum Gasteiger partial charge on any atom is 0.148 e. The highest BCUT2D eigenvalue weighted by atomic mass is 19.1. The number of nitrogens with two attached hydrogens (primary N) is 1. The molecule has 0 aromatic heterocycles. The summed E-state index contributed by atoms with van der Waals surface area (Å²) in [5.41, 5.74) is 6.31. The van der Waals surface area contributed by atoms with Crippen molar-refractivity contribution in [1.82, 2.24) is 0 Å². The van der Waals surface area contributed by atoms with Crippen LogP contribution in [0.2, 0.25) is 0 Å². The summed E-state index contributed by atoms with van der Waals surface area (Å²) in [7, 11) is 1.47. The van der Waals surface area contributed by atoms with Crippen LogP contribution in [0.3, 0.4) is 0 Å². The molecule has 0 bridgehead atoms. The zero-order valence-corrected chi connectivity index (χ0v) is 9.71. The number of benzene rings is 2. The van der Waals surface area contributed by atoms with E-state index in [1.807, 2.05) is 0 Å². The number of rotatable bonds is 3. The number of methoxy groups -OCH3 is 1. The maximum absolute atomic E-state index is 13.3. The molecule has 3 N–H and O–H groups in total. The molecule has 0 amide bonds. The molecule has 0 aliphatic carbocycles. The molecule has 94 valence electrons. The van der Waals surface area contributed by atoms with Gasteiger partial charge in [0.05, 0.1) is 24.2 Å². The Bertz CT molecular complexity index is 573. The highest BCUT2D eigenvalue weighted by Gasteiger charge is 2.08. The van der Waals surface area contributed by atoms with Crippen LogP contribution in [-0.2, 0) is 0 Å². The van der Waals surface area contributed by atoms with E-state index in [-0.39, 0.29) is 5.69 Å². The number of nitrogen functional groups attached to an aromatic ring is 1. The quantitative estimate of drug-likeness (QED) is 0.822. The molecule has 0 saturated heterocycles. The van der Waals surface area contributed by atoms with Gasteiger partial charge in [-0.05, 0) is 24.3 Å². The fraction of sp³-hybridized carbons (Fsp3) is 0.0769. The average Bonchev–Trinajstić information content (AvgIpc) is 2.35. The van der Waals surface area contributed by atoms with E-state index < -0.39 is 11.6 Å². The van der Waals surface area contributed by atoms with Crippen LogP contribution in [0.15, 0.2) is 36.4 Å². The molecule has 0 aliphatic heterocycles. The summed E-state index contributed by atoms with van der Waals surface area (Å²) in [6.45, 7) is 0. The number of nitrogens with one attached hydrogen (secondary N) is 1. The summed E-state index contributed by atoms with van der Waals surface area (Å²) in [5, 5.41) is 2.84. The van der Waals surface area contributed by atoms with Crippen molar-refractivity contribution in [2.24, 2.45) is 0 Å². The smallest absolute Gasteiger partial charge is 0.148 e. The molecule has 0 radical (unpaired) electrons. The summed E-state index contributed by atoms with van der Waals surface area (Å²) in [6, 6.07) is 8.38. The monoisotopic (exact) mass is 250 g/mol. The first-order valence-electron chi connectivity index (χ1n) is 5.26. The Morgan fingerprint density at radius 3 is 2.61 bits per heavy atom. The Hall–Kier alpha value is -2.30. The molecule has 0 heterocycles. The van der Waals surface area contributed by atoms with Crippen molar-refractivity contribution in [2.45, 2.75) is 0 Å². The molecule has 2 aromatic rings. The van der Waals surface area contributed by atoms with Crippen molar-refractivity contribution in [3.63, 3.8) is 0 Å². The lowest BCUT2D eigenvalue weighted by atomic mass is 10.2. The van der Waals surface area contributed by atoms with Crippen molar-refractivity contribution in [1.29, 1.82) is 0 Å². The lowest BCUT2D eigenvalue weighted by Crippen LogP contribution is -2.00. The van der Waals surface area contributed by atoms with Crippen LogP contribution >= 0.6 is 0 Å². The van der Waals surface area contributed by atoms with Crippen molar-refractivity contribution < 1.29 is 13.5 Å². The molecule has 0 aliphatic rings. The summed E-state index contributed by atoms with van der Waals surface area (Å²) in [5.74, 6) is -0.510. The van der Waals surface area contributed by atoms with Gasteiger partial charge >= 0.3 is 0 Å². The third-order valence-corrected chi connectivity index (χ3v) is 2.48. The van der Waals surface area contributed by atoms with Crippen molar-refractivity contribution >= 4 is 17.1 Å². The van der Waals surface area contributed by atoms with Gasteiger partial charge in [0.25, 0.3) is 0 Å². The Kier molecular flexibility index (Phi) is 3.32. The van der Waals surface area contributed by atoms with Gasteiger partial charge < -0.3 is 15.8 Å². The van der Waals surface area contributed by atoms with Gasteiger partial charge in [0.2, 0.25) is 0 Å². The predicted molar refractivity (Wildman–Crippen MR) is 67.0 cm³/mol. The van der Waals surface area contributed by atoms with Gasteiger partial charge in [-0.3, -0.25) is 0 Å². The second kappa shape index (κ2) is 4.91. The van der Waals surface area contributed by atoms with Crippen LogP contribution in [0, 0.1) is 11.6 Å². The van der Waals surface area contributed by atoms with Gasteiger partial charge in [0.15, 0.2) is 0 Å². The fourth-order valence-corrected chi connectivity index (χ4v) is 1.57. The highest BCUT2D eigenvalue weighted by molar-refractivity contribution is 5.75. The van der Waals surface area contributed by atoms with E-state index in [0.29, 0.717) is 17.1 Å². The van der Waals surface area contributed by atoms with Crippen LogP contribution in [0.4, 0.5) is 25.8 Å². The number of halogens is 2. The molecule has 0 atom stereocenters. The second-order valence-corrected chi connectivity index (χ2v) is 3.67. The fourth-order valence-electron chi connectivity index (χ4n) is 1.57. The van der Waals surface area contributed by atoms with E-state index >= 15 is 0 Å². The Morgan fingerprint density at radius 2 is 1.89 bits per heavy atom. The Labute approximate surface area is 103 Å². The van der Waals surface area contributed by atoms with Crippen LogP contribution in [0.25, 0.3) is 0 Å². The Morgan fingerprint density at radius 1 is 1.11 bits per heavy atom. The molecule has 5 heteroatoms. The molecular weight excluding hydrogens is 238 g/mol. The number of hydrogen-bond acceptors (Lipinski definition) is 3. The summed E-state index contributed by atoms with van der Waals surface area (Å²) < 4.78 is 31.5. The lowest BCUT2D eigenvalue weighted by molar-refractivity contribution is 0.416. The summed E-state index contributed by atoms with van der Waals surface area (Å²) in [6.07, 6.45) is 0. The van der Waals surface area contributed by atoms with Gasteiger partial charge in [-0.15, -0.1) is 0 Å². The first-order valence-corrected chi connectivity index (χ1v) is 5.26. The predicted octanol–water partition coefficient (Wildman–Crippen LogP) is 3.30. The maximum atomic E-state index is 13.3. The number of para-hydroxylation sites is 1. The number of hydrogen-bond donors (Lipinski definition) is 2. The van der Waals surface area contributed by atoms with Gasteiger partial charge in [0, 0.05) is 6.07 Å². The van der Waals surface area contributed by atoms with Crippen LogP contribution in [0.5, 0.6) is 5.75 Å². The zero-order valence-electron chi connectivity index (χ0n) is 9.71. The third kappa shape index (κ3) is 2.34. The average molecular weight is 250 g/mol. The van der Waals surface area contributed by atoms with E-state index in [0.717, 1.165) is 0 Å². The van der Waals surface area contributed by atoms with Gasteiger partial charge in [-0.25, -0.2) is 8.78 Å². The molecule has 0 unspecified atom stereocenters. The van der Waals surface area contributed by atoms with E-state index in [1.54, 1.807) is 6.07 Å². The molecule has 2 rings (SSSR count). The molecular formula is C13H12F2N2O.